The van der Waals surface area contributed by atoms with E-state index in [0.717, 1.165) is 38.2 Å². The van der Waals surface area contributed by atoms with Gasteiger partial charge in [0.2, 0.25) is 5.13 Å². The number of methoxy groups -OCH3 is 1. The molecule has 0 radical (unpaired) electrons. The number of benzene rings is 1. The summed E-state index contributed by atoms with van der Waals surface area (Å²) in [5, 5.41) is 15.7. The van der Waals surface area contributed by atoms with Crippen LogP contribution < -0.4 is 4.74 Å². The topological polar surface area (TPSA) is 90.1 Å². The fraction of sp³-hybridized carbons (Fsp3) is 0.308. The summed E-state index contributed by atoms with van der Waals surface area (Å²) in [6.45, 7) is 9.97. The number of ether oxygens (including phenoxy) is 1. The Hall–Kier alpha value is -3.17. The van der Waals surface area contributed by atoms with Crippen LogP contribution in [-0.2, 0) is 6.42 Å². The molecule has 35 heavy (non-hydrogen) atoms. The standard InChI is InChI=1S/C26H28N4O3S2/c1-14(2)34-25-22(19-8-7-9-20(12-19)33-6)28-26(35-25)30-23(24(31)32)21(17(5)29-30)13-18-11-10-15(3)27-16(18)4/h7-12,14H,13H2,1-6H3,(H,31,32). The predicted molar refractivity (Wildman–Crippen MR) is 140 cm³/mol. The number of aryl methyl sites for hydroxylation is 3. The lowest BCUT2D eigenvalue weighted by Crippen LogP contribution is -2.10. The monoisotopic (exact) mass is 508 g/mol. The number of pyridine rings is 1. The van der Waals surface area contributed by atoms with E-state index in [4.69, 9.17) is 9.72 Å². The van der Waals surface area contributed by atoms with Crippen LogP contribution in [0.15, 0.2) is 40.6 Å². The summed E-state index contributed by atoms with van der Waals surface area (Å²) >= 11 is 3.15. The molecule has 0 aliphatic carbocycles. The number of thiazole rings is 1. The van der Waals surface area contributed by atoms with E-state index in [2.05, 4.69) is 23.9 Å². The largest absolute Gasteiger partial charge is 0.497 e. The van der Waals surface area contributed by atoms with Crippen LogP contribution in [-0.4, -0.2) is 43.2 Å². The fourth-order valence-electron chi connectivity index (χ4n) is 3.85. The molecule has 0 bridgehead atoms. The summed E-state index contributed by atoms with van der Waals surface area (Å²) in [7, 11) is 1.63. The number of thioether (sulfide) groups is 1. The quantitative estimate of drug-likeness (QED) is 0.287. The molecule has 0 unspecified atom stereocenters. The van der Waals surface area contributed by atoms with Crippen molar-refractivity contribution in [3.8, 4) is 22.1 Å². The Labute approximate surface area is 213 Å². The Morgan fingerprint density at radius 3 is 2.57 bits per heavy atom. The van der Waals surface area contributed by atoms with Gasteiger partial charge in [-0.05, 0) is 44.5 Å². The number of aromatic nitrogens is 4. The molecule has 182 valence electrons. The van der Waals surface area contributed by atoms with Crippen molar-refractivity contribution in [2.24, 2.45) is 0 Å². The first-order valence-corrected chi connectivity index (χ1v) is 12.9. The van der Waals surface area contributed by atoms with Gasteiger partial charge in [-0.1, -0.05) is 43.4 Å². The highest BCUT2D eigenvalue weighted by Crippen LogP contribution is 2.40. The molecule has 0 saturated carbocycles. The van der Waals surface area contributed by atoms with Crippen molar-refractivity contribution in [1.29, 1.82) is 0 Å². The van der Waals surface area contributed by atoms with E-state index in [-0.39, 0.29) is 5.69 Å². The Balaban J connectivity index is 1.84. The second-order valence-electron chi connectivity index (χ2n) is 8.53. The zero-order valence-corrected chi connectivity index (χ0v) is 22.3. The SMILES string of the molecule is COc1cccc(-c2nc(-n3nc(C)c(Cc4ccc(C)nc4C)c3C(=O)O)sc2SC(C)C)c1. The van der Waals surface area contributed by atoms with Crippen LogP contribution in [0.3, 0.4) is 0 Å². The number of aromatic carboxylic acids is 1. The minimum atomic E-state index is -1.03. The molecule has 0 aliphatic heterocycles. The molecular weight excluding hydrogens is 480 g/mol. The van der Waals surface area contributed by atoms with Gasteiger partial charge in [-0.25, -0.2) is 9.78 Å². The second-order valence-corrected chi connectivity index (χ2v) is 11.4. The van der Waals surface area contributed by atoms with E-state index in [1.807, 2.05) is 57.2 Å². The van der Waals surface area contributed by atoms with Crippen LogP contribution in [0.5, 0.6) is 5.75 Å². The highest BCUT2D eigenvalue weighted by molar-refractivity contribution is 8.01. The normalized spacial score (nSPS) is 11.3. The maximum absolute atomic E-state index is 12.5. The van der Waals surface area contributed by atoms with Crippen LogP contribution >= 0.6 is 23.1 Å². The Morgan fingerprint density at radius 1 is 1.14 bits per heavy atom. The lowest BCUT2D eigenvalue weighted by molar-refractivity contribution is 0.0686. The van der Waals surface area contributed by atoms with Gasteiger partial charge in [0.1, 0.15) is 5.75 Å². The summed E-state index contributed by atoms with van der Waals surface area (Å²) in [4.78, 5) is 21.9. The molecule has 1 N–H and O–H groups in total. The maximum Gasteiger partial charge on any atom is 0.355 e. The number of carboxylic acid groups (broad SMARTS) is 1. The molecule has 3 aromatic heterocycles. The van der Waals surface area contributed by atoms with Crippen LogP contribution in [0.2, 0.25) is 0 Å². The molecule has 0 amide bonds. The Kier molecular flexibility index (Phi) is 7.28. The van der Waals surface area contributed by atoms with Gasteiger partial charge in [0.25, 0.3) is 0 Å². The van der Waals surface area contributed by atoms with E-state index in [0.29, 0.717) is 28.1 Å². The number of nitrogens with zero attached hydrogens (tertiary/aromatic N) is 4. The van der Waals surface area contributed by atoms with E-state index in [9.17, 15) is 9.90 Å². The van der Waals surface area contributed by atoms with Gasteiger partial charge >= 0.3 is 5.97 Å². The van der Waals surface area contributed by atoms with Crippen molar-refractivity contribution in [3.05, 3.63) is 70.3 Å². The molecule has 0 atom stereocenters. The molecule has 0 aliphatic rings. The Bertz CT molecular complexity index is 1390. The van der Waals surface area contributed by atoms with Crippen molar-refractivity contribution in [1.82, 2.24) is 19.7 Å². The van der Waals surface area contributed by atoms with Gasteiger partial charge in [0.15, 0.2) is 5.69 Å². The third-order valence-electron chi connectivity index (χ3n) is 5.54. The lowest BCUT2D eigenvalue weighted by atomic mass is 10.0. The van der Waals surface area contributed by atoms with Crippen molar-refractivity contribution in [3.63, 3.8) is 0 Å². The first kappa shape index (κ1) is 24.9. The van der Waals surface area contributed by atoms with E-state index >= 15 is 0 Å². The van der Waals surface area contributed by atoms with Gasteiger partial charge in [0.05, 0.1) is 22.7 Å². The van der Waals surface area contributed by atoms with Gasteiger partial charge in [-0.3, -0.25) is 4.98 Å². The minimum absolute atomic E-state index is 0.134. The van der Waals surface area contributed by atoms with Gasteiger partial charge in [0, 0.05) is 34.2 Å². The number of rotatable bonds is 8. The summed E-state index contributed by atoms with van der Waals surface area (Å²) in [5.41, 5.74) is 5.98. The molecule has 0 spiro atoms. The van der Waals surface area contributed by atoms with Crippen LogP contribution in [0.1, 0.15) is 52.5 Å². The van der Waals surface area contributed by atoms with Gasteiger partial charge in [-0.2, -0.15) is 9.78 Å². The summed E-state index contributed by atoms with van der Waals surface area (Å²) in [6, 6.07) is 11.7. The Morgan fingerprint density at radius 2 is 1.91 bits per heavy atom. The first-order chi connectivity index (χ1) is 16.7. The number of hydrogen-bond acceptors (Lipinski definition) is 7. The minimum Gasteiger partial charge on any atom is -0.497 e. The van der Waals surface area contributed by atoms with Gasteiger partial charge in [-0.15, -0.1) is 11.8 Å². The molecule has 1 aromatic carbocycles. The molecule has 0 saturated heterocycles. The smallest absolute Gasteiger partial charge is 0.355 e. The average molecular weight is 509 g/mol. The van der Waals surface area contributed by atoms with Crippen LogP contribution in [0.4, 0.5) is 0 Å². The van der Waals surface area contributed by atoms with Crippen molar-refractivity contribution in [2.75, 3.05) is 7.11 Å². The maximum atomic E-state index is 12.5. The second kappa shape index (κ2) is 10.2. The molecular formula is C26H28N4O3S2. The molecule has 0 fully saturated rings. The number of carboxylic acids is 1. The summed E-state index contributed by atoms with van der Waals surface area (Å²) in [5.74, 6) is -0.294. The van der Waals surface area contributed by atoms with Crippen molar-refractivity contribution >= 4 is 29.1 Å². The number of carbonyl (C=O) groups is 1. The zero-order chi connectivity index (χ0) is 25.3. The third kappa shape index (κ3) is 5.26. The zero-order valence-electron chi connectivity index (χ0n) is 20.6. The molecule has 9 heteroatoms. The first-order valence-electron chi connectivity index (χ1n) is 11.2. The highest BCUT2D eigenvalue weighted by Gasteiger charge is 2.26. The third-order valence-corrected chi connectivity index (χ3v) is 7.78. The molecule has 7 nitrogen and oxygen atoms in total. The van der Waals surface area contributed by atoms with E-state index in [1.165, 1.54) is 16.0 Å². The molecule has 4 aromatic rings. The van der Waals surface area contributed by atoms with Gasteiger partial charge < -0.3 is 9.84 Å². The summed E-state index contributed by atoms with van der Waals surface area (Å²) in [6.07, 6.45) is 0.439. The van der Waals surface area contributed by atoms with E-state index < -0.39 is 5.97 Å². The van der Waals surface area contributed by atoms with Crippen molar-refractivity contribution in [2.45, 2.75) is 50.5 Å². The molecule has 3 heterocycles. The summed E-state index contributed by atoms with van der Waals surface area (Å²) < 4.78 is 7.88. The lowest BCUT2D eigenvalue weighted by Gasteiger charge is -2.07. The molecule has 4 rings (SSSR count). The highest BCUT2D eigenvalue weighted by atomic mass is 32.2. The average Bonchev–Trinajstić information content (AvgIpc) is 3.36. The fourth-order valence-corrected chi connectivity index (χ4v) is 6.33. The predicted octanol–water partition coefficient (Wildman–Crippen LogP) is 6.11. The van der Waals surface area contributed by atoms with E-state index in [1.54, 1.807) is 18.9 Å². The van der Waals surface area contributed by atoms with Crippen LogP contribution in [0, 0.1) is 20.8 Å². The van der Waals surface area contributed by atoms with Crippen LogP contribution in [0.25, 0.3) is 16.4 Å². The number of hydrogen-bond donors (Lipinski definition) is 1. The van der Waals surface area contributed by atoms with Crippen molar-refractivity contribution < 1.29 is 14.6 Å².